The van der Waals surface area contributed by atoms with E-state index in [0.29, 0.717) is 58.8 Å². The van der Waals surface area contributed by atoms with E-state index < -0.39 is 11.1 Å². The van der Waals surface area contributed by atoms with Crippen molar-refractivity contribution in [1.82, 2.24) is 15.3 Å². The lowest BCUT2D eigenvalue weighted by molar-refractivity contribution is -0.757. The number of hydrogen-bond donors (Lipinski definition) is 2. The van der Waals surface area contributed by atoms with Gasteiger partial charge in [-0.25, -0.2) is 4.98 Å². The molecule has 0 spiro atoms. The lowest BCUT2D eigenvalue weighted by atomic mass is 10.0. The number of nitrogens with one attached hydrogen (secondary N) is 2. The Bertz CT molecular complexity index is 1480. The Kier molecular flexibility index (Phi) is 12.1. The number of aromatic nitrogens is 2. The van der Waals surface area contributed by atoms with E-state index in [1.54, 1.807) is 12.1 Å². The van der Waals surface area contributed by atoms with Crippen molar-refractivity contribution in [3.05, 3.63) is 55.9 Å². The lowest BCUT2D eigenvalue weighted by Gasteiger charge is -2.15. The number of amides is 1. The second-order valence-corrected chi connectivity index (χ2v) is 9.61. The standard InChI is InChI=1S/C29H36N4O10/c1-18-14-20(28-31-22-16-21(39-3)17-23(40-4)26(22)29(36)32-28)15-19(2)27(18)42-13-12-41-25(35)9-10-30-24(34)8-6-5-7-11-43-33(37)38/h14-17H,5-13H2,1-4H3,(H,30,34)(H,31,32,36). The number of carbonyl (C=O) groups excluding carboxylic acids is 2. The zero-order chi connectivity index (χ0) is 31.4. The Labute approximate surface area is 247 Å². The molecule has 3 rings (SSSR count). The molecule has 0 bridgehead atoms. The number of methoxy groups -OCH3 is 2. The van der Waals surface area contributed by atoms with Crippen LogP contribution in [0.25, 0.3) is 22.3 Å². The number of esters is 1. The molecule has 0 aliphatic rings. The van der Waals surface area contributed by atoms with Gasteiger partial charge < -0.3 is 34.1 Å². The summed E-state index contributed by atoms with van der Waals surface area (Å²) in [5.74, 6) is 1.22. The van der Waals surface area contributed by atoms with Gasteiger partial charge in [0.25, 0.3) is 10.6 Å². The average Bonchev–Trinajstić information content (AvgIpc) is 2.97. The van der Waals surface area contributed by atoms with Crippen molar-refractivity contribution in [1.29, 1.82) is 0 Å². The highest BCUT2D eigenvalue weighted by atomic mass is 16.9. The summed E-state index contributed by atoms with van der Waals surface area (Å²) in [6.07, 6.45) is 1.95. The third kappa shape index (κ3) is 9.58. The van der Waals surface area contributed by atoms with Gasteiger partial charge in [0.1, 0.15) is 41.7 Å². The minimum atomic E-state index is -0.843. The SMILES string of the molecule is COc1cc(OC)c2c(=O)[nH]c(-c3cc(C)c(OCCOC(=O)CCNC(=O)CCCCCO[N+](=O)[O-])c(C)c3)nc2c1. The predicted molar refractivity (Wildman–Crippen MR) is 156 cm³/mol. The minimum absolute atomic E-state index is 0.00608. The van der Waals surface area contributed by atoms with Crippen LogP contribution in [0.5, 0.6) is 17.2 Å². The molecule has 1 amide bonds. The molecule has 0 unspecified atom stereocenters. The van der Waals surface area contributed by atoms with Gasteiger partial charge in [0, 0.05) is 30.7 Å². The number of rotatable bonds is 17. The van der Waals surface area contributed by atoms with Crippen LogP contribution in [0.3, 0.4) is 0 Å². The van der Waals surface area contributed by atoms with E-state index in [4.69, 9.17) is 18.9 Å². The van der Waals surface area contributed by atoms with E-state index in [-0.39, 0.29) is 50.7 Å². The molecule has 0 saturated carbocycles. The number of unbranched alkanes of at least 4 members (excludes halogenated alkanes) is 2. The molecular weight excluding hydrogens is 564 g/mol. The van der Waals surface area contributed by atoms with Crippen molar-refractivity contribution in [2.75, 3.05) is 40.6 Å². The van der Waals surface area contributed by atoms with E-state index in [1.807, 2.05) is 26.0 Å². The third-order valence-electron chi connectivity index (χ3n) is 6.42. The van der Waals surface area contributed by atoms with E-state index >= 15 is 0 Å². The van der Waals surface area contributed by atoms with E-state index in [2.05, 4.69) is 20.1 Å². The molecule has 14 heteroatoms. The maximum atomic E-state index is 12.9. The molecule has 1 heterocycles. The summed E-state index contributed by atoms with van der Waals surface area (Å²) >= 11 is 0. The number of aromatic amines is 1. The number of fused-ring (bicyclic) bond motifs is 1. The Hall–Kier alpha value is -4.88. The summed E-state index contributed by atoms with van der Waals surface area (Å²) in [7, 11) is 3.00. The van der Waals surface area contributed by atoms with Gasteiger partial charge in [-0.15, -0.1) is 10.1 Å². The van der Waals surface area contributed by atoms with Gasteiger partial charge in [-0.2, -0.15) is 0 Å². The molecule has 2 N–H and O–H groups in total. The number of hydrogen-bond acceptors (Lipinski definition) is 11. The van der Waals surface area contributed by atoms with Gasteiger partial charge in [-0.05, 0) is 49.9 Å². The summed E-state index contributed by atoms with van der Waals surface area (Å²) in [4.78, 5) is 58.5. The first-order valence-corrected chi connectivity index (χ1v) is 13.7. The van der Waals surface area contributed by atoms with Crippen molar-refractivity contribution in [2.24, 2.45) is 0 Å². The molecule has 0 fully saturated rings. The van der Waals surface area contributed by atoms with E-state index in [0.717, 1.165) is 11.1 Å². The molecule has 14 nitrogen and oxygen atoms in total. The normalized spacial score (nSPS) is 10.7. The smallest absolute Gasteiger partial charge is 0.307 e. The number of benzene rings is 2. The highest BCUT2D eigenvalue weighted by Crippen LogP contribution is 2.31. The van der Waals surface area contributed by atoms with E-state index in [9.17, 15) is 24.5 Å². The molecule has 0 atom stereocenters. The number of H-pyrrole nitrogens is 1. The molecule has 232 valence electrons. The first kappa shape index (κ1) is 32.6. The molecule has 0 saturated heterocycles. The van der Waals surface area contributed by atoms with Crippen LogP contribution in [0.2, 0.25) is 0 Å². The maximum Gasteiger partial charge on any atom is 0.307 e. The van der Waals surface area contributed by atoms with Crippen LogP contribution < -0.4 is 25.1 Å². The number of nitrogens with zero attached hydrogens (tertiary/aromatic N) is 2. The first-order valence-electron chi connectivity index (χ1n) is 13.7. The van der Waals surface area contributed by atoms with E-state index in [1.165, 1.54) is 14.2 Å². The fourth-order valence-electron chi connectivity index (χ4n) is 4.41. The molecule has 0 aliphatic carbocycles. The van der Waals surface area contributed by atoms with Gasteiger partial charge >= 0.3 is 5.97 Å². The van der Waals surface area contributed by atoms with Crippen LogP contribution in [-0.4, -0.2) is 67.5 Å². The molecule has 1 aromatic heterocycles. The van der Waals surface area contributed by atoms with Crippen LogP contribution in [0.15, 0.2) is 29.1 Å². The zero-order valence-electron chi connectivity index (χ0n) is 24.7. The molecule has 0 radical (unpaired) electrons. The Morgan fingerprint density at radius 2 is 1.72 bits per heavy atom. The second-order valence-electron chi connectivity index (χ2n) is 9.61. The van der Waals surface area contributed by atoms with Crippen molar-refractivity contribution in [2.45, 2.75) is 46.0 Å². The van der Waals surface area contributed by atoms with Crippen molar-refractivity contribution >= 4 is 22.8 Å². The molecule has 0 aliphatic heterocycles. The summed E-state index contributed by atoms with van der Waals surface area (Å²) in [5.41, 5.74) is 2.40. The molecule has 2 aromatic carbocycles. The van der Waals surface area contributed by atoms with Crippen molar-refractivity contribution < 1.29 is 38.5 Å². The second kappa shape index (κ2) is 15.9. The predicted octanol–water partition coefficient (Wildman–Crippen LogP) is 3.42. The van der Waals surface area contributed by atoms with Gasteiger partial charge in [-0.3, -0.25) is 14.4 Å². The van der Waals surface area contributed by atoms with Gasteiger partial charge in [0.05, 0.1) is 32.8 Å². The Morgan fingerprint density at radius 1 is 0.977 bits per heavy atom. The van der Waals surface area contributed by atoms with Crippen molar-refractivity contribution in [3.8, 4) is 28.6 Å². The maximum absolute atomic E-state index is 12.9. The first-order chi connectivity index (χ1) is 20.6. The summed E-state index contributed by atoms with van der Waals surface area (Å²) in [6.45, 7) is 4.05. The number of aryl methyl sites for hydroxylation is 2. The summed E-state index contributed by atoms with van der Waals surface area (Å²) < 4.78 is 21.7. The van der Waals surface area contributed by atoms with Crippen LogP contribution in [0, 0.1) is 24.0 Å². The average molecular weight is 601 g/mol. The van der Waals surface area contributed by atoms with Crippen molar-refractivity contribution in [3.63, 3.8) is 0 Å². The summed E-state index contributed by atoms with van der Waals surface area (Å²) in [6, 6.07) is 6.99. The molecule has 3 aromatic rings. The summed E-state index contributed by atoms with van der Waals surface area (Å²) in [5, 5.41) is 12.2. The fraction of sp³-hybridized carbons (Fsp3) is 0.448. The van der Waals surface area contributed by atoms with Crippen LogP contribution >= 0.6 is 0 Å². The quantitative estimate of drug-likeness (QED) is 0.100. The minimum Gasteiger partial charge on any atom is -0.497 e. The van der Waals surface area contributed by atoms with Gasteiger partial charge in [0.15, 0.2) is 0 Å². The third-order valence-corrected chi connectivity index (χ3v) is 6.42. The van der Waals surface area contributed by atoms with Crippen LogP contribution in [0.4, 0.5) is 0 Å². The zero-order valence-corrected chi connectivity index (χ0v) is 24.7. The molecular formula is C29H36N4O10. The van der Waals surface area contributed by atoms with Gasteiger partial charge in [-0.1, -0.05) is 6.42 Å². The highest BCUT2D eigenvalue weighted by Gasteiger charge is 2.15. The Morgan fingerprint density at radius 3 is 2.40 bits per heavy atom. The number of carbonyl (C=O) groups is 2. The van der Waals surface area contributed by atoms with Gasteiger partial charge in [0.2, 0.25) is 5.91 Å². The van der Waals surface area contributed by atoms with Crippen LogP contribution in [-0.2, 0) is 19.2 Å². The largest absolute Gasteiger partial charge is 0.497 e. The lowest BCUT2D eigenvalue weighted by Crippen LogP contribution is -2.26. The topological polar surface area (TPSA) is 181 Å². The van der Waals surface area contributed by atoms with Crippen LogP contribution in [0.1, 0.15) is 43.2 Å². The number of ether oxygens (including phenoxy) is 4. The molecule has 43 heavy (non-hydrogen) atoms. The Balaban J connectivity index is 1.46. The highest BCUT2D eigenvalue weighted by molar-refractivity contribution is 5.87. The monoisotopic (exact) mass is 600 g/mol. The fourth-order valence-corrected chi connectivity index (χ4v) is 4.41.